The molecule has 0 aliphatic heterocycles. The molecule has 2 heterocycles. The number of pyridine rings is 1. The standard InChI is InChI=1S/C27H27F2N5O3/c1-32(2)26-21(27(36)30-14-20-22(28)11-12-23(37-3)25(20)29)17-34(31-26)16-19-9-7-18(8-10-19)15-33-13-5-4-6-24(33)35/h4-13,17H,14-16H2,1-3H3,(H,30,36). The summed E-state index contributed by atoms with van der Waals surface area (Å²) in [6.07, 6.45) is 3.34. The van der Waals surface area contributed by atoms with Crippen molar-refractivity contribution >= 4 is 11.7 Å². The maximum Gasteiger partial charge on any atom is 0.256 e. The molecule has 0 saturated carbocycles. The summed E-state index contributed by atoms with van der Waals surface area (Å²) in [5, 5.41) is 7.09. The average Bonchev–Trinajstić information content (AvgIpc) is 3.31. The summed E-state index contributed by atoms with van der Waals surface area (Å²) in [5.41, 5.74) is 1.84. The third kappa shape index (κ3) is 5.85. The van der Waals surface area contributed by atoms with E-state index in [1.54, 1.807) is 46.7 Å². The third-order valence-corrected chi connectivity index (χ3v) is 5.83. The van der Waals surface area contributed by atoms with E-state index in [-0.39, 0.29) is 29.0 Å². The van der Waals surface area contributed by atoms with Crippen LogP contribution in [0.15, 0.2) is 71.8 Å². The molecular formula is C27H27F2N5O3. The van der Waals surface area contributed by atoms with Crippen molar-refractivity contribution in [3.63, 3.8) is 0 Å². The van der Waals surface area contributed by atoms with Crippen LogP contribution < -0.4 is 20.5 Å². The maximum atomic E-state index is 14.5. The molecule has 0 spiro atoms. The van der Waals surface area contributed by atoms with E-state index in [1.165, 1.54) is 19.2 Å². The van der Waals surface area contributed by atoms with Gasteiger partial charge in [0.15, 0.2) is 17.4 Å². The van der Waals surface area contributed by atoms with Crippen molar-refractivity contribution < 1.29 is 18.3 Å². The second kappa shape index (κ2) is 11.1. The number of hydrogen-bond acceptors (Lipinski definition) is 5. The van der Waals surface area contributed by atoms with E-state index in [1.807, 2.05) is 30.3 Å². The fraction of sp³-hybridized carbons (Fsp3) is 0.222. The molecule has 10 heteroatoms. The summed E-state index contributed by atoms with van der Waals surface area (Å²) >= 11 is 0. The van der Waals surface area contributed by atoms with Crippen LogP contribution >= 0.6 is 0 Å². The van der Waals surface area contributed by atoms with Crippen molar-refractivity contribution in [2.45, 2.75) is 19.6 Å². The third-order valence-electron chi connectivity index (χ3n) is 5.83. The SMILES string of the molecule is COc1ccc(F)c(CNC(=O)c2cn(Cc3ccc(Cn4ccccc4=O)cc3)nc2N(C)C)c1F. The van der Waals surface area contributed by atoms with Crippen LogP contribution in [0.25, 0.3) is 0 Å². The Bertz CT molecular complexity index is 1460. The molecule has 0 radical (unpaired) electrons. The first-order valence-electron chi connectivity index (χ1n) is 11.5. The van der Waals surface area contributed by atoms with Gasteiger partial charge in [-0.3, -0.25) is 14.3 Å². The first kappa shape index (κ1) is 25.6. The lowest BCUT2D eigenvalue weighted by Crippen LogP contribution is -2.25. The normalized spacial score (nSPS) is 10.8. The predicted molar refractivity (Wildman–Crippen MR) is 136 cm³/mol. The molecule has 0 saturated heterocycles. The second-order valence-corrected chi connectivity index (χ2v) is 8.67. The summed E-state index contributed by atoms with van der Waals surface area (Å²) in [6, 6.07) is 15.1. The summed E-state index contributed by atoms with van der Waals surface area (Å²) in [7, 11) is 4.80. The Kier molecular flexibility index (Phi) is 7.66. The largest absolute Gasteiger partial charge is 0.494 e. The van der Waals surface area contributed by atoms with E-state index in [0.29, 0.717) is 18.9 Å². The van der Waals surface area contributed by atoms with E-state index in [0.717, 1.165) is 17.2 Å². The molecule has 1 N–H and O–H groups in total. The van der Waals surface area contributed by atoms with Gasteiger partial charge in [0, 0.05) is 44.7 Å². The molecule has 37 heavy (non-hydrogen) atoms. The summed E-state index contributed by atoms with van der Waals surface area (Å²) < 4.78 is 36.8. The number of benzene rings is 2. The Morgan fingerprint density at radius 2 is 1.73 bits per heavy atom. The Morgan fingerprint density at radius 3 is 2.38 bits per heavy atom. The highest BCUT2D eigenvalue weighted by Crippen LogP contribution is 2.23. The van der Waals surface area contributed by atoms with E-state index in [2.05, 4.69) is 10.4 Å². The second-order valence-electron chi connectivity index (χ2n) is 8.67. The average molecular weight is 508 g/mol. The predicted octanol–water partition coefficient (Wildman–Crippen LogP) is 3.42. The van der Waals surface area contributed by atoms with Crippen LogP contribution in [0.2, 0.25) is 0 Å². The fourth-order valence-electron chi connectivity index (χ4n) is 3.87. The maximum absolute atomic E-state index is 14.5. The number of carbonyl (C=O) groups is 1. The number of nitrogens with one attached hydrogen (secondary N) is 1. The molecule has 192 valence electrons. The number of rotatable bonds is 9. The zero-order valence-electron chi connectivity index (χ0n) is 20.7. The van der Waals surface area contributed by atoms with Crippen LogP contribution in [0.4, 0.5) is 14.6 Å². The minimum absolute atomic E-state index is 0.0676. The van der Waals surface area contributed by atoms with Crippen LogP contribution in [0.5, 0.6) is 5.75 Å². The number of ether oxygens (including phenoxy) is 1. The van der Waals surface area contributed by atoms with E-state index >= 15 is 0 Å². The molecule has 0 fully saturated rings. The van der Waals surface area contributed by atoms with Gasteiger partial charge in [0.1, 0.15) is 11.4 Å². The number of amides is 1. The lowest BCUT2D eigenvalue weighted by molar-refractivity contribution is 0.0950. The zero-order valence-corrected chi connectivity index (χ0v) is 20.7. The Labute approximate surface area is 212 Å². The molecule has 0 bridgehead atoms. The first-order chi connectivity index (χ1) is 17.8. The van der Waals surface area contributed by atoms with E-state index in [4.69, 9.17) is 4.74 Å². The number of hydrogen-bond donors (Lipinski definition) is 1. The quantitative estimate of drug-likeness (QED) is 0.376. The Morgan fingerprint density at radius 1 is 1.03 bits per heavy atom. The number of nitrogens with zero attached hydrogens (tertiary/aromatic N) is 4. The lowest BCUT2D eigenvalue weighted by atomic mass is 10.1. The minimum atomic E-state index is -0.855. The topological polar surface area (TPSA) is 81.4 Å². The van der Waals surface area contributed by atoms with Crippen LogP contribution in [0, 0.1) is 11.6 Å². The molecule has 8 nitrogen and oxygen atoms in total. The summed E-state index contributed by atoms with van der Waals surface area (Å²) in [5.74, 6) is -1.83. The van der Waals surface area contributed by atoms with Crippen LogP contribution in [0.3, 0.4) is 0 Å². The number of aromatic nitrogens is 3. The van der Waals surface area contributed by atoms with Crippen LogP contribution in [-0.2, 0) is 19.6 Å². The van der Waals surface area contributed by atoms with Gasteiger partial charge in [-0.2, -0.15) is 5.10 Å². The molecule has 2 aromatic heterocycles. The fourth-order valence-corrected chi connectivity index (χ4v) is 3.87. The highest BCUT2D eigenvalue weighted by molar-refractivity contribution is 5.98. The van der Waals surface area contributed by atoms with E-state index < -0.39 is 17.5 Å². The van der Waals surface area contributed by atoms with Crippen molar-refractivity contribution in [3.8, 4) is 5.75 Å². The molecule has 0 unspecified atom stereocenters. The molecule has 2 aromatic carbocycles. The zero-order chi connectivity index (χ0) is 26.5. The summed E-state index contributed by atoms with van der Waals surface area (Å²) in [4.78, 5) is 26.6. The molecule has 0 atom stereocenters. The Hall–Kier alpha value is -4.47. The number of anilines is 1. The van der Waals surface area contributed by atoms with Gasteiger partial charge in [0.05, 0.1) is 20.2 Å². The van der Waals surface area contributed by atoms with Gasteiger partial charge in [-0.05, 0) is 29.3 Å². The first-order valence-corrected chi connectivity index (χ1v) is 11.5. The highest BCUT2D eigenvalue weighted by atomic mass is 19.1. The molecular weight excluding hydrogens is 480 g/mol. The molecule has 4 rings (SSSR count). The van der Waals surface area contributed by atoms with Crippen LogP contribution in [-0.4, -0.2) is 41.5 Å². The van der Waals surface area contributed by atoms with Gasteiger partial charge in [-0.25, -0.2) is 8.78 Å². The molecule has 0 aliphatic carbocycles. The molecule has 1 amide bonds. The van der Waals surface area contributed by atoms with Gasteiger partial charge in [0.2, 0.25) is 0 Å². The smallest absolute Gasteiger partial charge is 0.256 e. The summed E-state index contributed by atoms with van der Waals surface area (Å²) in [6.45, 7) is 0.516. The van der Waals surface area contributed by atoms with Crippen molar-refractivity contribution in [1.29, 1.82) is 0 Å². The van der Waals surface area contributed by atoms with Crippen molar-refractivity contribution in [1.82, 2.24) is 19.7 Å². The Balaban J connectivity index is 1.47. The highest BCUT2D eigenvalue weighted by Gasteiger charge is 2.20. The van der Waals surface area contributed by atoms with Gasteiger partial charge >= 0.3 is 0 Å². The molecule has 4 aromatic rings. The van der Waals surface area contributed by atoms with Gasteiger partial charge in [-0.1, -0.05) is 30.3 Å². The lowest BCUT2D eigenvalue weighted by Gasteiger charge is -2.12. The number of halogens is 2. The van der Waals surface area contributed by atoms with E-state index in [9.17, 15) is 18.4 Å². The van der Waals surface area contributed by atoms with Crippen molar-refractivity contribution in [2.75, 3.05) is 26.1 Å². The van der Waals surface area contributed by atoms with Gasteiger partial charge in [0.25, 0.3) is 11.5 Å². The number of methoxy groups -OCH3 is 1. The molecule has 0 aliphatic rings. The number of carbonyl (C=O) groups excluding carboxylic acids is 1. The van der Waals surface area contributed by atoms with Gasteiger partial charge in [-0.15, -0.1) is 0 Å². The minimum Gasteiger partial charge on any atom is -0.494 e. The van der Waals surface area contributed by atoms with Gasteiger partial charge < -0.3 is 19.5 Å². The van der Waals surface area contributed by atoms with Crippen molar-refractivity contribution in [3.05, 3.63) is 111 Å². The van der Waals surface area contributed by atoms with Crippen LogP contribution in [0.1, 0.15) is 27.0 Å². The van der Waals surface area contributed by atoms with Crippen molar-refractivity contribution in [2.24, 2.45) is 0 Å². The monoisotopic (exact) mass is 507 g/mol.